The molecule has 2 aromatic heterocycles. The number of anilines is 3. The lowest BCUT2D eigenvalue weighted by Gasteiger charge is -2.28. The second kappa shape index (κ2) is 14.3. The van der Waals surface area contributed by atoms with Crippen LogP contribution in [0, 0.1) is 0 Å². The summed E-state index contributed by atoms with van der Waals surface area (Å²) in [6.07, 6.45) is 0. The van der Waals surface area contributed by atoms with E-state index in [1.54, 1.807) is 0 Å². The van der Waals surface area contributed by atoms with Crippen LogP contribution in [0.3, 0.4) is 0 Å². The van der Waals surface area contributed by atoms with E-state index in [4.69, 9.17) is 4.42 Å². The number of thiophene rings is 1. The van der Waals surface area contributed by atoms with E-state index >= 15 is 0 Å². The lowest BCUT2D eigenvalue weighted by Crippen LogP contribution is -2.11. The number of fused-ring (bicyclic) bond motifs is 17. The fourth-order valence-corrected chi connectivity index (χ4v) is 11.2. The molecule has 13 rings (SSSR count). The van der Waals surface area contributed by atoms with Crippen molar-refractivity contribution in [1.29, 1.82) is 0 Å². The summed E-state index contributed by atoms with van der Waals surface area (Å²) in [4.78, 5) is 2.41. The summed E-state index contributed by atoms with van der Waals surface area (Å²) in [6, 6.07) is 82.1. The van der Waals surface area contributed by atoms with Gasteiger partial charge < -0.3 is 9.32 Å². The Morgan fingerprint density at radius 2 is 0.794 bits per heavy atom. The van der Waals surface area contributed by atoms with Gasteiger partial charge in [0.1, 0.15) is 11.2 Å². The van der Waals surface area contributed by atoms with Crippen LogP contribution < -0.4 is 4.90 Å². The number of para-hydroxylation sites is 2. The molecule has 0 N–H and O–H groups in total. The van der Waals surface area contributed by atoms with E-state index in [0.29, 0.717) is 0 Å². The van der Waals surface area contributed by atoms with Crippen LogP contribution in [0.25, 0.3) is 107 Å². The van der Waals surface area contributed by atoms with Crippen molar-refractivity contribution in [1.82, 2.24) is 0 Å². The largest absolute Gasteiger partial charge is 0.456 e. The molecule has 0 amide bonds. The van der Waals surface area contributed by atoms with Gasteiger partial charge in [0.15, 0.2) is 0 Å². The van der Waals surface area contributed by atoms with Crippen molar-refractivity contribution >= 4 is 124 Å². The lowest BCUT2D eigenvalue weighted by molar-refractivity contribution is 0.669. The van der Waals surface area contributed by atoms with E-state index in [1.807, 2.05) is 17.4 Å². The highest BCUT2D eigenvalue weighted by molar-refractivity contribution is 7.26. The molecule has 0 saturated heterocycles. The molecule has 0 atom stereocenters. The summed E-state index contributed by atoms with van der Waals surface area (Å²) in [7, 11) is 0. The zero-order valence-corrected chi connectivity index (χ0v) is 34.9. The third-order valence-corrected chi connectivity index (χ3v) is 14.0. The maximum Gasteiger partial charge on any atom is 0.137 e. The molecule has 2 heterocycles. The van der Waals surface area contributed by atoms with E-state index in [0.717, 1.165) is 50.1 Å². The average Bonchev–Trinajstić information content (AvgIpc) is 3.92. The first-order valence-electron chi connectivity index (χ1n) is 21.5. The highest BCUT2D eigenvalue weighted by Crippen LogP contribution is 2.47. The zero-order valence-electron chi connectivity index (χ0n) is 34.1. The van der Waals surface area contributed by atoms with Gasteiger partial charge in [0.25, 0.3) is 0 Å². The van der Waals surface area contributed by atoms with Crippen LogP contribution in [0.4, 0.5) is 17.1 Å². The quantitative estimate of drug-likeness (QED) is 0.176. The van der Waals surface area contributed by atoms with Gasteiger partial charge in [-0.05, 0) is 108 Å². The minimum atomic E-state index is 0.858. The second-order valence-electron chi connectivity index (χ2n) is 16.3. The maximum atomic E-state index is 6.56. The minimum absolute atomic E-state index is 0.858. The van der Waals surface area contributed by atoms with Gasteiger partial charge in [0, 0.05) is 53.9 Å². The molecule has 13 aromatic rings. The van der Waals surface area contributed by atoms with Crippen molar-refractivity contribution in [3.8, 4) is 11.1 Å². The molecule has 0 radical (unpaired) electrons. The lowest BCUT2D eigenvalue weighted by atomic mass is 9.92. The van der Waals surface area contributed by atoms with Crippen LogP contribution in [0.1, 0.15) is 0 Å². The Labute approximate surface area is 367 Å². The smallest absolute Gasteiger partial charge is 0.137 e. The molecule has 11 aromatic carbocycles. The Hall–Kier alpha value is -7.98. The molecule has 0 fully saturated rings. The Kier molecular flexibility index (Phi) is 8.12. The number of rotatable bonds is 4. The number of benzene rings is 10. The molecule has 0 spiro atoms. The van der Waals surface area contributed by atoms with Crippen molar-refractivity contribution in [2.24, 2.45) is 0 Å². The number of nitrogens with zero attached hydrogens (tertiary/aromatic N) is 1. The average molecular weight is 820 g/mol. The number of hydrogen-bond donors (Lipinski definition) is 0. The summed E-state index contributed by atoms with van der Waals surface area (Å²) >= 11 is 1.87. The van der Waals surface area contributed by atoms with Crippen LogP contribution in [-0.4, -0.2) is 0 Å². The highest BCUT2D eigenvalue weighted by Gasteiger charge is 2.21. The van der Waals surface area contributed by atoms with Gasteiger partial charge in [0.05, 0.1) is 5.69 Å². The first kappa shape index (κ1) is 35.7. The van der Waals surface area contributed by atoms with E-state index in [9.17, 15) is 0 Å². The molecular formula is C60H37NOS. The standard InChI is InChI=1S/C60H37NOS/c1-2-16-38(17-3-1)41-18-10-13-27-54(41)61(40-31-33-49-48-24-11-14-28-55(48)62-56(49)37-40)39-30-32-47-51-34-35-58-60(52-26-12-15-29-57(52)63-58)59(51)50-25-9-8-22-45(50)43-20-5-4-19-42(43)44-21-6-7-23-46(44)53(47)36-39/h1-37H. The Morgan fingerprint density at radius 1 is 0.302 bits per heavy atom. The topological polar surface area (TPSA) is 16.4 Å². The molecule has 294 valence electrons. The highest BCUT2D eigenvalue weighted by atomic mass is 32.1. The van der Waals surface area contributed by atoms with Gasteiger partial charge in [-0.25, -0.2) is 0 Å². The van der Waals surface area contributed by atoms with Crippen molar-refractivity contribution < 1.29 is 4.42 Å². The van der Waals surface area contributed by atoms with Crippen LogP contribution in [0.5, 0.6) is 0 Å². The summed E-state index contributed by atoms with van der Waals surface area (Å²) in [6.45, 7) is 0. The molecule has 0 aliphatic rings. The van der Waals surface area contributed by atoms with Crippen molar-refractivity contribution in [2.75, 3.05) is 4.90 Å². The first-order chi connectivity index (χ1) is 31.3. The summed E-state index contributed by atoms with van der Waals surface area (Å²) in [5.74, 6) is 0. The summed E-state index contributed by atoms with van der Waals surface area (Å²) in [5.41, 5.74) is 7.20. The van der Waals surface area contributed by atoms with E-state index < -0.39 is 0 Å². The minimum Gasteiger partial charge on any atom is -0.456 e. The van der Waals surface area contributed by atoms with Crippen LogP contribution >= 0.6 is 11.3 Å². The summed E-state index contributed by atoms with van der Waals surface area (Å²) in [5, 5.41) is 17.0. The Bertz CT molecular complexity index is 4050. The molecule has 0 unspecified atom stereocenters. The van der Waals surface area contributed by atoms with Crippen molar-refractivity contribution in [3.63, 3.8) is 0 Å². The summed E-state index contributed by atoms with van der Waals surface area (Å²) < 4.78 is 9.14. The van der Waals surface area contributed by atoms with Gasteiger partial charge in [-0.3, -0.25) is 0 Å². The molecule has 0 bridgehead atoms. The SMILES string of the molecule is c1ccc(-c2ccccc2N(c2ccc3c(c2)oc2ccccc23)c2ccc3c(c2)c2ccccc2c2ccccc2c2ccccc2c2c3ccc3sc4ccccc4c32)cc1. The third-order valence-electron chi connectivity index (χ3n) is 12.9. The van der Waals surface area contributed by atoms with E-state index in [2.05, 4.69) is 223 Å². The van der Waals surface area contributed by atoms with E-state index in [-0.39, 0.29) is 0 Å². The van der Waals surface area contributed by atoms with Gasteiger partial charge in [0.2, 0.25) is 0 Å². The molecular weight excluding hydrogens is 783 g/mol. The van der Waals surface area contributed by atoms with Crippen LogP contribution in [0.2, 0.25) is 0 Å². The van der Waals surface area contributed by atoms with Crippen molar-refractivity contribution in [3.05, 3.63) is 224 Å². The maximum absolute atomic E-state index is 6.56. The molecule has 0 aliphatic heterocycles. The normalized spacial score (nSPS) is 11.8. The van der Waals surface area contributed by atoms with Gasteiger partial charge in [-0.15, -0.1) is 11.3 Å². The predicted molar refractivity (Wildman–Crippen MR) is 272 cm³/mol. The van der Waals surface area contributed by atoms with Crippen LogP contribution in [-0.2, 0) is 0 Å². The number of hydrogen-bond acceptors (Lipinski definition) is 3. The van der Waals surface area contributed by atoms with E-state index in [1.165, 1.54) is 74.0 Å². The monoisotopic (exact) mass is 819 g/mol. The molecule has 63 heavy (non-hydrogen) atoms. The molecule has 3 heteroatoms. The predicted octanol–water partition coefficient (Wildman–Crippen LogP) is 18.0. The van der Waals surface area contributed by atoms with Gasteiger partial charge in [-0.2, -0.15) is 0 Å². The zero-order chi connectivity index (χ0) is 41.4. The van der Waals surface area contributed by atoms with Gasteiger partial charge in [-0.1, -0.05) is 170 Å². The van der Waals surface area contributed by atoms with Crippen molar-refractivity contribution in [2.45, 2.75) is 0 Å². The number of furan rings is 1. The fraction of sp³-hybridized carbons (Fsp3) is 0. The third kappa shape index (κ3) is 5.64. The van der Waals surface area contributed by atoms with Gasteiger partial charge >= 0.3 is 0 Å². The Morgan fingerprint density at radius 3 is 1.54 bits per heavy atom. The fourth-order valence-electron chi connectivity index (χ4n) is 10.1. The molecule has 2 nitrogen and oxygen atoms in total. The first-order valence-corrected chi connectivity index (χ1v) is 22.3. The second-order valence-corrected chi connectivity index (χ2v) is 17.4. The molecule has 0 aliphatic carbocycles. The molecule has 0 saturated carbocycles. The van der Waals surface area contributed by atoms with Crippen LogP contribution in [0.15, 0.2) is 229 Å². The Balaban J connectivity index is 1.22.